The Morgan fingerprint density at radius 1 is 1.35 bits per heavy atom. The number of benzene rings is 1. The summed E-state index contributed by atoms with van der Waals surface area (Å²) in [6.07, 6.45) is 3.37. The zero-order valence-electron chi connectivity index (χ0n) is 11.6. The van der Waals surface area contributed by atoms with Gasteiger partial charge in [0.15, 0.2) is 5.82 Å². The Kier molecular flexibility index (Phi) is 4.73. The van der Waals surface area contributed by atoms with E-state index in [-0.39, 0.29) is 5.91 Å². The lowest BCUT2D eigenvalue weighted by Gasteiger charge is -2.13. The number of para-hydroxylation sites is 1. The molecule has 6 nitrogen and oxygen atoms in total. The van der Waals surface area contributed by atoms with Crippen molar-refractivity contribution in [1.29, 1.82) is 0 Å². The minimum Gasteiger partial charge on any atom is -0.492 e. The number of rotatable bonds is 6. The third-order valence-corrected chi connectivity index (χ3v) is 2.59. The fourth-order valence-corrected chi connectivity index (χ4v) is 1.73. The van der Waals surface area contributed by atoms with Gasteiger partial charge in [0, 0.05) is 26.5 Å². The first-order valence-electron chi connectivity index (χ1n) is 6.34. The Balaban J connectivity index is 1.90. The fourth-order valence-electron chi connectivity index (χ4n) is 1.73. The Bertz CT molecular complexity index is 551. The summed E-state index contributed by atoms with van der Waals surface area (Å²) in [7, 11) is 3.51. The molecule has 0 saturated carbocycles. The van der Waals surface area contributed by atoms with Gasteiger partial charge in [0.25, 0.3) is 0 Å². The summed E-state index contributed by atoms with van der Waals surface area (Å²) in [6, 6.07) is 9.57. The summed E-state index contributed by atoms with van der Waals surface area (Å²) >= 11 is 0. The fraction of sp³-hybridized carbons (Fsp3) is 0.286. The van der Waals surface area contributed by atoms with E-state index in [1.165, 1.54) is 0 Å². The summed E-state index contributed by atoms with van der Waals surface area (Å²) in [5, 5.41) is 1.59. The Labute approximate surface area is 118 Å². The van der Waals surface area contributed by atoms with Crippen molar-refractivity contribution < 1.29 is 9.53 Å². The summed E-state index contributed by atoms with van der Waals surface area (Å²) in [5.41, 5.74) is 2.66. The number of nitrogens with zero attached hydrogens (tertiary/aromatic N) is 3. The van der Waals surface area contributed by atoms with Crippen LogP contribution in [0.4, 0.5) is 0 Å². The van der Waals surface area contributed by atoms with Crippen molar-refractivity contribution in [3.63, 3.8) is 0 Å². The largest absolute Gasteiger partial charge is 0.492 e. The van der Waals surface area contributed by atoms with Crippen LogP contribution in [0, 0.1) is 0 Å². The minimum atomic E-state index is -0.236. The third kappa shape index (κ3) is 3.83. The van der Waals surface area contributed by atoms with Crippen molar-refractivity contribution in [3.8, 4) is 5.75 Å². The van der Waals surface area contributed by atoms with E-state index in [0.29, 0.717) is 19.0 Å². The molecule has 0 saturated heterocycles. The van der Waals surface area contributed by atoms with Gasteiger partial charge >= 0.3 is 5.91 Å². The second-order valence-corrected chi connectivity index (χ2v) is 4.44. The molecule has 1 aromatic carbocycles. The van der Waals surface area contributed by atoms with Crippen molar-refractivity contribution in [1.82, 2.24) is 20.0 Å². The summed E-state index contributed by atoms with van der Waals surface area (Å²) in [5.74, 6) is 0.946. The van der Waals surface area contributed by atoms with Crippen LogP contribution in [0.5, 0.6) is 5.75 Å². The van der Waals surface area contributed by atoms with Gasteiger partial charge in [0.1, 0.15) is 12.4 Å². The highest BCUT2D eigenvalue weighted by atomic mass is 16.5. The predicted molar refractivity (Wildman–Crippen MR) is 75.3 cm³/mol. The highest BCUT2D eigenvalue weighted by Gasteiger charge is 2.12. The molecule has 6 heteroatoms. The Morgan fingerprint density at radius 3 is 2.80 bits per heavy atom. The number of hydrogen-bond donors (Lipinski definition) is 1. The van der Waals surface area contributed by atoms with E-state index in [0.717, 1.165) is 5.75 Å². The van der Waals surface area contributed by atoms with Gasteiger partial charge < -0.3 is 9.30 Å². The van der Waals surface area contributed by atoms with Gasteiger partial charge in [-0.05, 0) is 12.1 Å². The van der Waals surface area contributed by atoms with Gasteiger partial charge in [-0.15, -0.1) is 0 Å². The highest BCUT2D eigenvalue weighted by Crippen LogP contribution is 2.08. The van der Waals surface area contributed by atoms with Crippen molar-refractivity contribution >= 4 is 5.91 Å². The van der Waals surface area contributed by atoms with E-state index in [1.54, 1.807) is 36.1 Å². The van der Waals surface area contributed by atoms with Crippen LogP contribution in [0.15, 0.2) is 42.7 Å². The van der Waals surface area contributed by atoms with E-state index < -0.39 is 0 Å². The normalized spacial score (nSPS) is 10.6. The molecule has 1 N–H and O–H groups in total. The lowest BCUT2D eigenvalue weighted by atomic mass is 10.3. The van der Waals surface area contributed by atoms with Crippen LogP contribution in [0.25, 0.3) is 0 Å². The topological polar surface area (TPSA) is 59.4 Å². The summed E-state index contributed by atoms with van der Waals surface area (Å²) in [4.78, 5) is 16.0. The number of imidazole rings is 1. The van der Waals surface area contributed by atoms with Crippen molar-refractivity contribution in [2.75, 3.05) is 20.7 Å². The summed E-state index contributed by atoms with van der Waals surface area (Å²) < 4.78 is 7.37. The van der Waals surface area contributed by atoms with Gasteiger partial charge in [-0.3, -0.25) is 10.2 Å². The van der Waals surface area contributed by atoms with Gasteiger partial charge in [-0.1, -0.05) is 18.2 Å². The van der Waals surface area contributed by atoms with E-state index in [2.05, 4.69) is 10.4 Å². The highest BCUT2D eigenvalue weighted by molar-refractivity contribution is 5.90. The van der Waals surface area contributed by atoms with E-state index in [9.17, 15) is 4.79 Å². The quantitative estimate of drug-likeness (QED) is 0.803. The molecule has 0 spiro atoms. The molecular weight excluding hydrogens is 256 g/mol. The standard InChI is InChI=1S/C14H18N4O2/c1-17(2)16-14(19)13-15-8-9-18(13)10-11-20-12-6-4-3-5-7-12/h3-9H,10-11H2,1-2H3,(H,16,19). The molecule has 0 unspecified atom stereocenters. The van der Waals surface area contributed by atoms with Crippen LogP contribution in [0.2, 0.25) is 0 Å². The van der Waals surface area contributed by atoms with Crippen LogP contribution < -0.4 is 10.2 Å². The second kappa shape index (κ2) is 6.72. The average molecular weight is 274 g/mol. The van der Waals surface area contributed by atoms with Crippen molar-refractivity contribution in [2.45, 2.75) is 6.54 Å². The first kappa shape index (κ1) is 14.1. The molecule has 0 atom stereocenters. The van der Waals surface area contributed by atoms with Gasteiger partial charge in [0.2, 0.25) is 0 Å². The average Bonchev–Trinajstić information content (AvgIpc) is 2.88. The van der Waals surface area contributed by atoms with Crippen molar-refractivity contribution in [2.24, 2.45) is 0 Å². The van der Waals surface area contributed by atoms with Crippen LogP contribution >= 0.6 is 0 Å². The van der Waals surface area contributed by atoms with E-state index >= 15 is 0 Å². The molecule has 1 amide bonds. The van der Waals surface area contributed by atoms with Gasteiger partial charge in [-0.25, -0.2) is 9.99 Å². The summed E-state index contributed by atoms with van der Waals surface area (Å²) in [6.45, 7) is 1.04. The second-order valence-electron chi connectivity index (χ2n) is 4.44. The molecule has 20 heavy (non-hydrogen) atoms. The number of carbonyl (C=O) groups is 1. The number of carbonyl (C=O) groups excluding carboxylic acids is 1. The minimum absolute atomic E-state index is 0.236. The Hall–Kier alpha value is -2.34. The van der Waals surface area contributed by atoms with Gasteiger partial charge in [-0.2, -0.15) is 0 Å². The van der Waals surface area contributed by atoms with Gasteiger partial charge in [0.05, 0.1) is 6.54 Å². The lowest BCUT2D eigenvalue weighted by Crippen LogP contribution is -2.37. The van der Waals surface area contributed by atoms with E-state index in [4.69, 9.17) is 4.74 Å². The lowest BCUT2D eigenvalue weighted by molar-refractivity contribution is 0.0840. The zero-order valence-corrected chi connectivity index (χ0v) is 11.6. The molecule has 2 aromatic rings. The number of nitrogens with one attached hydrogen (secondary N) is 1. The molecule has 0 aliphatic rings. The SMILES string of the molecule is CN(C)NC(=O)c1nccn1CCOc1ccccc1. The number of hydrogen-bond acceptors (Lipinski definition) is 4. The Morgan fingerprint density at radius 2 is 2.10 bits per heavy atom. The molecule has 2 rings (SSSR count). The molecule has 0 fully saturated rings. The van der Waals surface area contributed by atoms with Crippen LogP contribution in [-0.4, -0.2) is 41.2 Å². The molecule has 0 bridgehead atoms. The molecule has 1 heterocycles. The molecule has 106 valence electrons. The number of ether oxygens (including phenoxy) is 1. The van der Waals surface area contributed by atoms with Crippen molar-refractivity contribution in [3.05, 3.63) is 48.5 Å². The molecular formula is C14H18N4O2. The zero-order chi connectivity index (χ0) is 14.4. The molecule has 1 aromatic heterocycles. The maximum Gasteiger partial charge on any atom is 0.301 e. The first-order valence-corrected chi connectivity index (χ1v) is 6.34. The smallest absolute Gasteiger partial charge is 0.301 e. The number of aromatic nitrogens is 2. The van der Waals surface area contributed by atoms with Crippen LogP contribution in [0.3, 0.4) is 0 Å². The van der Waals surface area contributed by atoms with E-state index in [1.807, 2.05) is 30.3 Å². The van der Waals surface area contributed by atoms with Crippen LogP contribution in [0.1, 0.15) is 10.6 Å². The monoisotopic (exact) mass is 274 g/mol. The van der Waals surface area contributed by atoms with Crippen LogP contribution in [-0.2, 0) is 6.54 Å². The number of hydrazine groups is 1. The molecule has 0 radical (unpaired) electrons. The maximum atomic E-state index is 11.9. The first-order chi connectivity index (χ1) is 9.66. The molecule has 0 aliphatic carbocycles. The third-order valence-electron chi connectivity index (χ3n) is 2.59. The maximum absolute atomic E-state index is 11.9. The predicted octanol–water partition coefficient (Wildman–Crippen LogP) is 1.17. The number of amides is 1. The molecule has 0 aliphatic heterocycles.